The van der Waals surface area contributed by atoms with Gasteiger partial charge in [-0.25, -0.2) is 0 Å². The van der Waals surface area contributed by atoms with Crippen molar-refractivity contribution in [1.29, 1.82) is 10.5 Å². The number of anilines is 1. The zero-order chi connectivity index (χ0) is 15.8. The SMILES string of the molecule is CN(C)C(C/C=N/Nc1ccc(Cl)cc1Cl)=C(C#N)C#N. The Labute approximate surface area is 133 Å². The molecule has 108 valence electrons. The summed E-state index contributed by atoms with van der Waals surface area (Å²) in [6.45, 7) is 0. The van der Waals surface area contributed by atoms with Gasteiger partial charge in [-0.2, -0.15) is 15.6 Å². The van der Waals surface area contributed by atoms with Crippen molar-refractivity contribution in [2.24, 2.45) is 5.10 Å². The molecule has 0 heterocycles. The first-order chi connectivity index (χ1) is 9.99. The van der Waals surface area contributed by atoms with Crippen molar-refractivity contribution in [1.82, 2.24) is 4.90 Å². The van der Waals surface area contributed by atoms with E-state index in [-0.39, 0.29) is 5.57 Å². The van der Waals surface area contributed by atoms with Gasteiger partial charge in [-0.3, -0.25) is 5.43 Å². The van der Waals surface area contributed by atoms with Crippen molar-refractivity contribution < 1.29 is 0 Å². The molecular formula is C14H13Cl2N5. The van der Waals surface area contributed by atoms with Crippen molar-refractivity contribution in [2.45, 2.75) is 6.42 Å². The molecule has 1 aromatic carbocycles. The molecule has 0 saturated carbocycles. The fraction of sp³-hybridized carbons (Fsp3) is 0.214. The minimum atomic E-state index is 0.0657. The van der Waals surface area contributed by atoms with Crippen LogP contribution in [0.4, 0.5) is 5.69 Å². The lowest BCUT2D eigenvalue weighted by Crippen LogP contribution is -2.13. The summed E-state index contributed by atoms with van der Waals surface area (Å²) in [5, 5.41) is 22.8. The summed E-state index contributed by atoms with van der Waals surface area (Å²) in [7, 11) is 3.53. The molecule has 0 aliphatic heterocycles. The molecule has 0 amide bonds. The number of hydrazone groups is 1. The molecule has 1 rings (SSSR count). The molecule has 1 aromatic rings. The molecule has 0 atom stereocenters. The Bertz CT molecular complexity index is 634. The maximum Gasteiger partial charge on any atom is 0.149 e. The molecule has 1 N–H and O–H groups in total. The maximum atomic E-state index is 8.90. The predicted octanol–water partition coefficient (Wildman–Crippen LogP) is 3.64. The Kier molecular flexibility index (Phi) is 6.55. The van der Waals surface area contributed by atoms with Crippen LogP contribution in [0.15, 0.2) is 34.6 Å². The predicted molar refractivity (Wildman–Crippen MR) is 85.1 cm³/mol. The number of nitrogens with zero attached hydrogens (tertiary/aromatic N) is 4. The molecule has 0 saturated heterocycles. The van der Waals surface area contributed by atoms with Crippen LogP contribution in [0.1, 0.15) is 6.42 Å². The largest absolute Gasteiger partial charge is 0.379 e. The average molecular weight is 322 g/mol. The summed E-state index contributed by atoms with van der Waals surface area (Å²) in [5.41, 5.74) is 4.06. The standard InChI is InChI=1S/C14H13Cl2N5/c1-21(2)14(10(8-17)9-18)5-6-19-20-13-4-3-11(15)7-12(13)16/h3-4,6-7,20H,5H2,1-2H3/b19-6+. The molecule has 0 aliphatic carbocycles. The summed E-state index contributed by atoms with van der Waals surface area (Å²) < 4.78 is 0. The Morgan fingerprint density at radius 1 is 1.33 bits per heavy atom. The highest BCUT2D eigenvalue weighted by Gasteiger charge is 2.07. The van der Waals surface area contributed by atoms with E-state index in [9.17, 15) is 0 Å². The lowest BCUT2D eigenvalue weighted by Gasteiger charge is -2.15. The molecule has 21 heavy (non-hydrogen) atoms. The summed E-state index contributed by atoms with van der Waals surface area (Å²) in [5.74, 6) is 0. The van der Waals surface area contributed by atoms with Crippen LogP contribution >= 0.6 is 23.2 Å². The minimum Gasteiger partial charge on any atom is -0.379 e. The number of nitrogens with one attached hydrogen (secondary N) is 1. The quantitative estimate of drug-likeness (QED) is 0.510. The van der Waals surface area contributed by atoms with E-state index < -0.39 is 0 Å². The highest BCUT2D eigenvalue weighted by Crippen LogP contribution is 2.25. The molecule has 7 heteroatoms. The van der Waals surface area contributed by atoms with Gasteiger partial charge in [-0.05, 0) is 18.2 Å². The molecule has 0 unspecified atom stereocenters. The fourth-order valence-electron chi connectivity index (χ4n) is 1.49. The summed E-state index contributed by atoms with van der Waals surface area (Å²) in [6.07, 6.45) is 1.91. The van der Waals surface area contributed by atoms with Gasteiger partial charge in [0.2, 0.25) is 0 Å². The number of rotatable bonds is 5. The van der Waals surface area contributed by atoms with Gasteiger partial charge in [0.15, 0.2) is 0 Å². The topological polar surface area (TPSA) is 75.2 Å². The number of allylic oxidation sites excluding steroid dienone is 2. The van der Waals surface area contributed by atoms with Gasteiger partial charge < -0.3 is 4.90 Å². The van der Waals surface area contributed by atoms with E-state index in [1.54, 1.807) is 43.4 Å². The lowest BCUT2D eigenvalue weighted by atomic mass is 10.2. The van der Waals surface area contributed by atoms with Crippen LogP contribution in [0.25, 0.3) is 0 Å². The molecule has 5 nitrogen and oxygen atoms in total. The number of benzene rings is 1. The summed E-state index contributed by atoms with van der Waals surface area (Å²) in [4.78, 5) is 1.71. The second kappa shape index (κ2) is 8.16. The maximum absolute atomic E-state index is 8.90. The Balaban J connectivity index is 2.76. The lowest BCUT2D eigenvalue weighted by molar-refractivity contribution is 0.503. The summed E-state index contributed by atoms with van der Waals surface area (Å²) in [6, 6.07) is 8.74. The van der Waals surface area contributed by atoms with E-state index in [2.05, 4.69) is 10.5 Å². The van der Waals surface area contributed by atoms with E-state index >= 15 is 0 Å². The van der Waals surface area contributed by atoms with Gasteiger partial charge >= 0.3 is 0 Å². The van der Waals surface area contributed by atoms with Gasteiger partial charge in [-0.1, -0.05) is 23.2 Å². The third kappa shape index (κ3) is 5.00. The van der Waals surface area contributed by atoms with Crippen LogP contribution in [0.3, 0.4) is 0 Å². The van der Waals surface area contributed by atoms with Gasteiger partial charge in [0, 0.05) is 37.5 Å². The van der Waals surface area contributed by atoms with Crippen molar-refractivity contribution in [3.8, 4) is 12.1 Å². The number of hydrogen-bond donors (Lipinski definition) is 1. The molecule has 0 fully saturated rings. The van der Waals surface area contributed by atoms with E-state index in [0.717, 1.165) is 0 Å². The minimum absolute atomic E-state index is 0.0657. The molecule has 0 spiro atoms. The van der Waals surface area contributed by atoms with Gasteiger partial charge in [0.25, 0.3) is 0 Å². The fourth-order valence-corrected chi connectivity index (χ4v) is 1.94. The van der Waals surface area contributed by atoms with Gasteiger partial charge in [0.05, 0.1) is 10.7 Å². The molecule has 0 aromatic heterocycles. The monoisotopic (exact) mass is 321 g/mol. The third-order valence-electron chi connectivity index (χ3n) is 2.54. The van der Waals surface area contributed by atoms with Crippen LogP contribution in [-0.4, -0.2) is 25.2 Å². The van der Waals surface area contributed by atoms with Gasteiger partial charge in [-0.15, -0.1) is 0 Å². The Morgan fingerprint density at radius 3 is 2.52 bits per heavy atom. The van der Waals surface area contributed by atoms with E-state index in [1.807, 2.05) is 12.1 Å². The number of hydrogen-bond acceptors (Lipinski definition) is 5. The number of nitriles is 2. The van der Waals surface area contributed by atoms with Crippen LogP contribution in [0.5, 0.6) is 0 Å². The van der Waals surface area contributed by atoms with E-state index in [1.165, 1.54) is 0 Å². The third-order valence-corrected chi connectivity index (χ3v) is 3.09. The van der Waals surface area contributed by atoms with Gasteiger partial charge in [0.1, 0.15) is 17.7 Å². The molecule has 0 bridgehead atoms. The smallest absolute Gasteiger partial charge is 0.149 e. The zero-order valence-electron chi connectivity index (χ0n) is 11.6. The molecule has 0 aliphatic rings. The highest BCUT2D eigenvalue weighted by molar-refractivity contribution is 6.36. The van der Waals surface area contributed by atoms with Crippen molar-refractivity contribution >= 4 is 35.1 Å². The summed E-state index contributed by atoms with van der Waals surface area (Å²) >= 11 is 11.8. The van der Waals surface area contributed by atoms with Crippen molar-refractivity contribution in [2.75, 3.05) is 19.5 Å². The number of halogens is 2. The van der Waals surface area contributed by atoms with Crippen LogP contribution in [-0.2, 0) is 0 Å². The Morgan fingerprint density at radius 2 is 2.00 bits per heavy atom. The average Bonchev–Trinajstić information content (AvgIpc) is 2.44. The first kappa shape index (κ1) is 16.8. The van der Waals surface area contributed by atoms with E-state index in [0.29, 0.717) is 27.9 Å². The Hall–Kier alpha value is -2.21. The van der Waals surface area contributed by atoms with E-state index in [4.69, 9.17) is 33.7 Å². The van der Waals surface area contributed by atoms with Crippen molar-refractivity contribution in [3.63, 3.8) is 0 Å². The van der Waals surface area contributed by atoms with Crippen LogP contribution in [0.2, 0.25) is 10.0 Å². The zero-order valence-corrected chi connectivity index (χ0v) is 13.1. The second-order valence-electron chi connectivity index (χ2n) is 4.19. The van der Waals surface area contributed by atoms with Crippen LogP contribution in [0, 0.1) is 22.7 Å². The first-order valence-electron chi connectivity index (χ1n) is 5.92. The highest BCUT2D eigenvalue weighted by atomic mass is 35.5. The normalized spacial score (nSPS) is 9.81. The first-order valence-corrected chi connectivity index (χ1v) is 6.68. The second-order valence-corrected chi connectivity index (χ2v) is 5.04. The van der Waals surface area contributed by atoms with Crippen LogP contribution < -0.4 is 5.43 Å². The van der Waals surface area contributed by atoms with Crippen molar-refractivity contribution in [3.05, 3.63) is 39.5 Å². The molecular weight excluding hydrogens is 309 g/mol. The molecule has 0 radical (unpaired) electrons.